The number of carbonyl (C=O) groups excluding carboxylic acids is 3. The van der Waals surface area contributed by atoms with Crippen LogP contribution in [0.1, 0.15) is 25.7 Å². The topological polar surface area (TPSA) is 173 Å². The standard InChI is InChI=1S/C44H52N10O6/c45-42-38(27-37(47-48-42)36-6-1-2-7-39(36)55)53-28-32-8-9-33(29-53)54(32)31-4-3-5-35(26-31)59-25-24-49-16-18-51(19-17-49)44(58)52-22-20-50(21-23-52)30-10-12-34(13-11-30)60-40-14-15-41(56)46-43(40)57/h1-7,10-13,26-27,32-33,40,55H,8-9,14-25,28-29H2,(H2,45,48)(H,46,56,57). The predicted octanol–water partition coefficient (Wildman–Crippen LogP) is 3.41. The number of phenolic OH excluding ortho intramolecular Hbond substituents is 1. The molecule has 0 spiro atoms. The molecule has 0 saturated carbocycles. The molecule has 6 heterocycles. The number of fused-ring (bicyclic) bond motifs is 2. The molecule has 3 aromatic carbocycles. The molecule has 4 aromatic rings. The smallest absolute Gasteiger partial charge is 0.320 e. The molecule has 4 N–H and O–H groups in total. The third kappa shape index (κ3) is 8.41. The SMILES string of the molecule is Nc1nnc(-c2ccccc2O)cc1N1CC2CCC(C1)N2c1cccc(OCCN2CCN(C(=O)N3CCN(c4ccc(OC5CCC(=O)NC5=O)cc4)CC3)CC2)c1. The van der Waals surface area contributed by atoms with E-state index in [0.717, 1.165) is 81.5 Å². The fraction of sp³-hybridized carbons (Fsp3) is 0.432. The second-order valence-electron chi connectivity index (χ2n) is 16.2. The maximum Gasteiger partial charge on any atom is 0.320 e. The number of piperidine rings is 1. The highest BCUT2D eigenvalue weighted by Gasteiger charge is 2.41. The number of aromatic nitrogens is 2. The van der Waals surface area contributed by atoms with Gasteiger partial charge in [0.2, 0.25) is 5.91 Å². The number of para-hydroxylation sites is 1. The zero-order valence-corrected chi connectivity index (χ0v) is 33.7. The second-order valence-corrected chi connectivity index (χ2v) is 16.2. The minimum absolute atomic E-state index is 0.100. The summed E-state index contributed by atoms with van der Waals surface area (Å²) in [5.74, 6) is 1.34. The Kier molecular flexibility index (Phi) is 11.2. The first kappa shape index (κ1) is 39.2. The minimum atomic E-state index is -0.662. The van der Waals surface area contributed by atoms with Gasteiger partial charge in [-0.15, -0.1) is 10.2 Å². The van der Waals surface area contributed by atoms with E-state index in [1.54, 1.807) is 12.1 Å². The van der Waals surface area contributed by atoms with E-state index < -0.39 is 12.0 Å². The van der Waals surface area contributed by atoms with Gasteiger partial charge in [0.05, 0.1) is 11.4 Å². The molecule has 16 heteroatoms. The number of benzene rings is 3. The van der Waals surface area contributed by atoms with Crippen molar-refractivity contribution in [2.24, 2.45) is 0 Å². The molecule has 3 atom stereocenters. The average molecular weight is 817 g/mol. The number of piperazine rings is 3. The number of nitrogen functional groups attached to an aromatic ring is 1. The number of ether oxygens (including phenoxy) is 2. The van der Waals surface area contributed by atoms with Crippen molar-refractivity contribution >= 4 is 40.7 Å². The van der Waals surface area contributed by atoms with Crippen LogP contribution in [0, 0.1) is 0 Å². The van der Waals surface area contributed by atoms with Crippen molar-refractivity contribution < 1.29 is 29.0 Å². The van der Waals surface area contributed by atoms with E-state index in [1.807, 2.05) is 58.3 Å². The first-order valence-electron chi connectivity index (χ1n) is 21.0. The third-order valence-corrected chi connectivity index (χ3v) is 12.5. The van der Waals surface area contributed by atoms with Crippen LogP contribution in [0.5, 0.6) is 17.2 Å². The number of amides is 4. The van der Waals surface area contributed by atoms with Crippen molar-refractivity contribution in [3.63, 3.8) is 0 Å². The molecule has 5 saturated heterocycles. The highest BCUT2D eigenvalue weighted by Crippen LogP contribution is 2.40. The lowest BCUT2D eigenvalue weighted by Gasteiger charge is -2.43. The maximum atomic E-state index is 13.5. The molecule has 5 aliphatic rings. The van der Waals surface area contributed by atoms with Crippen LogP contribution in [0.2, 0.25) is 0 Å². The van der Waals surface area contributed by atoms with Crippen LogP contribution in [-0.4, -0.2) is 145 Å². The molecule has 5 fully saturated rings. The Bertz CT molecular complexity index is 2180. The fourth-order valence-electron chi connectivity index (χ4n) is 9.22. The van der Waals surface area contributed by atoms with Gasteiger partial charge in [-0.1, -0.05) is 18.2 Å². The van der Waals surface area contributed by atoms with Gasteiger partial charge in [0, 0.05) is 120 Å². The molecule has 16 nitrogen and oxygen atoms in total. The quantitative estimate of drug-likeness (QED) is 0.199. The molecular weight excluding hydrogens is 765 g/mol. The van der Waals surface area contributed by atoms with E-state index in [0.29, 0.717) is 74.1 Å². The zero-order valence-electron chi connectivity index (χ0n) is 33.7. The van der Waals surface area contributed by atoms with Crippen LogP contribution >= 0.6 is 0 Å². The summed E-state index contributed by atoms with van der Waals surface area (Å²) < 4.78 is 12.1. The third-order valence-electron chi connectivity index (χ3n) is 12.5. The van der Waals surface area contributed by atoms with Gasteiger partial charge in [-0.3, -0.25) is 19.8 Å². The predicted molar refractivity (Wildman–Crippen MR) is 227 cm³/mol. The Morgan fingerprint density at radius 1 is 0.767 bits per heavy atom. The van der Waals surface area contributed by atoms with Gasteiger partial charge >= 0.3 is 6.03 Å². The van der Waals surface area contributed by atoms with Crippen molar-refractivity contribution in [1.29, 1.82) is 0 Å². The number of hydrogen-bond acceptors (Lipinski definition) is 13. The Labute approximate surface area is 349 Å². The Balaban J connectivity index is 0.708. The summed E-state index contributed by atoms with van der Waals surface area (Å²) in [7, 11) is 0. The molecule has 5 aliphatic heterocycles. The van der Waals surface area contributed by atoms with Crippen molar-refractivity contribution in [3.8, 4) is 28.5 Å². The molecule has 4 amide bonds. The van der Waals surface area contributed by atoms with Crippen molar-refractivity contribution in [1.82, 2.24) is 30.2 Å². The molecule has 2 bridgehead atoms. The number of nitrogens with two attached hydrogens (primary N) is 1. The van der Waals surface area contributed by atoms with Gasteiger partial charge in [0.25, 0.3) is 5.91 Å². The van der Waals surface area contributed by atoms with Crippen LogP contribution < -0.4 is 35.2 Å². The number of nitrogens with one attached hydrogen (secondary N) is 1. The van der Waals surface area contributed by atoms with Crippen LogP contribution in [0.15, 0.2) is 78.9 Å². The zero-order chi connectivity index (χ0) is 41.2. The Morgan fingerprint density at radius 2 is 1.48 bits per heavy atom. The van der Waals surface area contributed by atoms with Crippen LogP contribution in [0.4, 0.5) is 27.7 Å². The number of aromatic hydroxyl groups is 1. The van der Waals surface area contributed by atoms with Crippen LogP contribution in [0.25, 0.3) is 11.3 Å². The lowest BCUT2D eigenvalue weighted by Crippen LogP contribution is -2.57. The number of carbonyl (C=O) groups is 3. The van der Waals surface area contributed by atoms with Crippen molar-refractivity contribution in [2.75, 3.05) is 99.0 Å². The Hall–Kier alpha value is -6.29. The number of urea groups is 1. The molecule has 1 aromatic heterocycles. The van der Waals surface area contributed by atoms with E-state index in [4.69, 9.17) is 15.2 Å². The van der Waals surface area contributed by atoms with Crippen molar-refractivity contribution in [2.45, 2.75) is 43.9 Å². The lowest BCUT2D eigenvalue weighted by molar-refractivity contribution is -0.138. The summed E-state index contributed by atoms with van der Waals surface area (Å²) in [6.45, 7) is 8.73. The number of nitrogens with zero attached hydrogens (tertiary/aromatic N) is 8. The molecule has 3 unspecified atom stereocenters. The van der Waals surface area contributed by atoms with Gasteiger partial charge in [0.1, 0.15) is 23.9 Å². The lowest BCUT2D eigenvalue weighted by atomic mass is 10.1. The highest BCUT2D eigenvalue weighted by atomic mass is 16.5. The van der Waals surface area contributed by atoms with E-state index >= 15 is 0 Å². The number of imide groups is 1. The highest BCUT2D eigenvalue weighted by molar-refractivity contribution is 6.00. The maximum absolute atomic E-state index is 13.5. The van der Waals surface area contributed by atoms with E-state index in [9.17, 15) is 19.5 Å². The summed E-state index contributed by atoms with van der Waals surface area (Å²) in [4.78, 5) is 50.3. The summed E-state index contributed by atoms with van der Waals surface area (Å²) in [5.41, 5.74) is 10.6. The van der Waals surface area contributed by atoms with Crippen LogP contribution in [-0.2, 0) is 9.59 Å². The van der Waals surface area contributed by atoms with Gasteiger partial charge in [-0.25, -0.2) is 4.79 Å². The van der Waals surface area contributed by atoms with E-state index in [-0.39, 0.29) is 24.1 Å². The Morgan fingerprint density at radius 3 is 2.20 bits per heavy atom. The largest absolute Gasteiger partial charge is 0.507 e. The van der Waals surface area contributed by atoms with Gasteiger partial charge in [0.15, 0.2) is 11.9 Å². The number of hydrogen-bond donors (Lipinski definition) is 3. The molecule has 314 valence electrons. The summed E-state index contributed by atoms with van der Waals surface area (Å²) in [6.07, 6.45) is 2.16. The first-order valence-corrected chi connectivity index (χ1v) is 21.0. The number of rotatable bonds is 10. The number of phenols is 1. The van der Waals surface area contributed by atoms with E-state index in [1.165, 1.54) is 0 Å². The summed E-state index contributed by atoms with van der Waals surface area (Å²) >= 11 is 0. The normalized spacial score (nSPS) is 22.2. The molecule has 0 radical (unpaired) electrons. The monoisotopic (exact) mass is 816 g/mol. The molecule has 60 heavy (non-hydrogen) atoms. The van der Waals surface area contributed by atoms with Crippen LogP contribution in [0.3, 0.4) is 0 Å². The summed E-state index contributed by atoms with van der Waals surface area (Å²) in [5, 5.41) is 21.3. The van der Waals surface area contributed by atoms with Gasteiger partial charge < -0.3 is 44.8 Å². The first-order chi connectivity index (χ1) is 29.3. The number of anilines is 4. The minimum Gasteiger partial charge on any atom is -0.507 e. The fourth-order valence-corrected chi connectivity index (χ4v) is 9.22. The summed E-state index contributed by atoms with van der Waals surface area (Å²) in [6, 6.07) is 25.9. The van der Waals surface area contributed by atoms with Gasteiger partial charge in [-0.2, -0.15) is 0 Å². The van der Waals surface area contributed by atoms with E-state index in [2.05, 4.69) is 53.3 Å². The van der Waals surface area contributed by atoms with Gasteiger partial charge in [-0.05, 0) is 67.4 Å². The second kappa shape index (κ2) is 17.1. The van der Waals surface area contributed by atoms with Crippen molar-refractivity contribution in [3.05, 3.63) is 78.9 Å². The molecule has 0 aliphatic carbocycles. The molecular formula is C44H52N10O6. The molecule has 9 rings (SSSR count). The average Bonchev–Trinajstić information content (AvgIpc) is 3.54.